The number of fused-ring (bicyclic) bond motifs is 6. The molecule has 0 bridgehead atoms. The number of pyridine rings is 1. The summed E-state index contributed by atoms with van der Waals surface area (Å²) in [5.41, 5.74) is 11.0. The number of hydrogen-bond acceptors (Lipinski definition) is 2. The number of benzene rings is 3. The normalized spacial score (nSPS) is 11.7. The van der Waals surface area contributed by atoms with Crippen LogP contribution in [0.25, 0.3) is 22.3 Å². The Morgan fingerprint density at radius 3 is 2.29 bits per heavy atom. The summed E-state index contributed by atoms with van der Waals surface area (Å²) in [6, 6.07) is 22.1. The molecule has 0 saturated heterocycles. The Labute approximate surface area is 213 Å². The molecule has 4 aromatic rings. The quantitative estimate of drug-likeness (QED) is 0.269. The summed E-state index contributed by atoms with van der Waals surface area (Å²) in [6.07, 6.45) is 6.08. The fourth-order valence-electron chi connectivity index (χ4n) is 4.78. The molecule has 0 saturated carbocycles. The van der Waals surface area contributed by atoms with Crippen LogP contribution in [0.2, 0.25) is 0 Å². The van der Waals surface area contributed by atoms with E-state index in [9.17, 15) is 0 Å². The van der Waals surface area contributed by atoms with Gasteiger partial charge in [0.05, 0.1) is 0 Å². The second kappa shape index (κ2) is 9.08. The number of hydrogen-bond donors (Lipinski definition) is 0. The van der Waals surface area contributed by atoms with Gasteiger partial charge in [-0.2, -0.15) is 0 Å². The SMILES string of the molecule is [Cl-].[Cl-].[S]=[Zr+2]([c]1cccc2c1Cc1ccccc1-2)[c]1cncc2c1Cc1cc(Br)ccc1-2. The van der Waals surface area contributed by atoms with Crippen LogP contribution in [-0.4, -0.2) is 4.98 Å². The first kappa shape index (κ1) is 23.1. The molecule has 2 aliphatic carbocycles. The molecule has 6 rings (SSSR count). The van der Waals surface area contributed by atoms with Gasteiger partial charge in [0.15, 0.2) is 0 Å². The van der Waals surface area contributed by atoms with E-state index in [4.69, 9.17) is 8.86 Å². The summed E-state index contributed by atoms with van der Waals surface area (Å²) in [5.74, 6) is 0. The standard InChI is InChI=1S/C13H9.C12H7BrN.2ClH.S.Zr/c1-3-7-12-10(5-1)9-11-6-2-4-8-13(11)12;13-10-1-2-11-9(6-10)5-8-3-4-14-7-12(8)11;;;;/h1-5,7-8H,9H2;1-2,4,6-7H,5H2;2*1H;;/q;;;;;+2/p-2. The Balaban J connectivity index is 0.00000116. The van der Waals surface area contributed by atoms with Crippen molar-refractivity contribution in [1.82, 2.24) is 4.98 Å². The molecule has 152 valence electrons. The van der Waals surface area contributed by atoms with Gasteiger partial charge in [-0.1, -0.05) is 0 Å². The summed E-state index contributed by atoms with van der Waals surface area (Å²) < 4.78 is 3.95. The fraction of sp³-hybridized carbons (Fsp3) is 0.0800. The second-order valence-electron chi connectivity index (χ2n) is 7.69. The molecule has 2 aliphatic rings. The van der Waals surface area contributed by atoms with E-state index in [1.807, 2.05) is 6.20 Å². The molecular weight excluding hydrogens is 588 g/mol. The van der Waals surface area contributed by atoms with Gasteiger partial charge in [-0.3, -0.25) is 0 Å². The molecule has 1 nitrogen and oxygen atoms in total. The molecule has 0 unspecified atom stereocenters. The van der Waals surface area contributed by atoms with Crippen molar-refractivity contribution < 1.29 is 44.5 Å². The van der Waals surface area contributed by atoms with Gasteiger partial charge < -0.3 is 24.8 Å². The maximum absolute atomic E-state index is 6.35. The third kappa shape index (κ3) is 3.75. The monoisotopic (exact) mass is 601 g/mol. The fourth-order valence-corrected chi connectivity index (χ4v) is 11.6. The molecule has 0 aliphatic heterocycles. The van der Waals surface area contributed by atoms with Crippen molar-refractivity contribution in [3.8, 4) is 22.3 Å². The van der Waals surface area contributed by atoms with Crippen molar-refractivity contribution in [2.75, 3.05) is 0 Å². The molecule has 0 amide bonds. The molecule has 1 aromatic heterocycles. The van der Waals surface area contributed by atoms with Crippen LogP contribution < -0.4 is 31.4 Å². The van der Waals surface area contributed by atoms with Gasteiger partial charge in [0, 0.05) is 0 Å². The predicted octanol–water partition coefficient (Wildman–Crippen LogP) is -0.324. The van der Waals surface area contributed by atoms with Crippen LogP contribution in [0.5, 0.6) is 0 Å². The first-order valence-electron chi connectivity index (χ1n) is 9.71. The van der Waals surface area contributed by atoms with E-state index in [1.54, 1.807) is 0 Å². The van der Waals surface area contributed by atoms with Crippen LogP contribution in [0.1, 0.15) is 22.3 Å². The van der Waals surface area contributed by atoms with Crippen molar-refractivity contribution in [2.45, 2.75) is 12.8 Å². The van der Waals surface area contributed by atoms with Crippen LogP contribution in [0, 0.1) is 0 Å². The third-order valence-electron chi connectivity index (χ3n) is 6.12. The van der Waals surface area contributed by atoms with E-state index in [0.29, 0.717) is 0 Å². The Hall–Kier alpha value is -1.03. The van der Waals surface area contributed by atoms with Crippen LogP contribution in [0.15, 0.2) is 77.5 Å². The zero-order valence-electron chi connectivity index (χ0n) is 16.3. The number of nitrogens with zero attached hydrogens (tertiary/aromatic N) is 1. The van der Waals surface area contributed by atoms with Gasteiger partial charge in [0.25, 0.3) is 0 Å². The van der Waals surface area contributed by atoms with E-state index >= 15 is 0 Å². The zero-order valence-corrected chi connectivity index (χ0v) is 22.7. The summed E-state index contributed by atoms with van der Waals surface area (Å²) in [4.78, 5) is 4.63. The van der Waals surface area contributed by atoms with E-state index in [0.717, 1.165) is 17.3 Å². The average molecular weight is 605 g/mol. The van der Waals surface area contributed by atoms with E-state index < -0.39 is 19.7 Å². The first-order chi connectivity index (χ1) is 14.2. The summed E-state index contributed by atoms with van der Waals surface area (Å²) >= 11 is 1.15. The molecular formula is C25H16BrCl2NSZr. The maximum atomic E-state index is 6.35. The van der Waals surface area contributed by atoms with Crippen LogP contribution >= 0.6 is 24.8 Å². The summed E-state index contributed by atoms with van der Waals surface area (Å²) in [5, 5.41) is 0. The topological polar surface area (TPSA) is 12.9 Å². The van der Waals surface area contributed by atoms with Crippen molar-refractivity contribution in [3.63, 3.8) is 0 Å². The molecule has 3 aromatic carbocycles. The summed E-state index contributed by atoms with van der Waals surface area (Å²) in [6.45, 7) is 0. The van der Waals surface area contributed by atoms with Crippen molar-refractivity contribution in [2.24, 2.45) is 0 Å². The molecule has 0 radical (unpaired) electrons. The van der Waals surface area contributed by atoms with Gasteiger partial charge in [-0.05, 0) is 0 Å². The number of halogens is 3. The first-order valence-corrected chi connectivity index (χ1v) is 16.4. The molecule has 31 heavy (non-hydrogen) atoms. The molecule has 0 fully saturated rings. The second-order valence-corrected chi connectivity index (χ2v) is 15.3. The Kier molecular flexibility index (Phi) is 6.78. The van der Waals surface area contributed by atoms with Gasteiger partial charge in [-0.25, -0.2) is 0 Å². The summed E-state index contributed by atoms with van der Waals surface area (Å²) in [7, 11) is 6.35. The Morgan fingerprint density at radius 2 is 1.42 bits per heavy atom. The van der Waals surface area contributed by atoms with Crippen molar-refractivity contribution >= 4 is 31.3 Å². The number of rotatable bonds is 2. The van der Waals surface area contributed by atoms with Crippen LogP contribution in [0.4, 0.5) is 0 Å². The third-order valence-corrected chi connectivity index (χ3v) is 13.8. The molecule has 0 spiro atoms. The van der Waals surface area contributed by atoms with Crippen LogP contribution in [0.3, 0.4) is 0 Å². The molecule has 0 atom stereocenters. The van der Waals surface area contributed by atoms with Gasteiger partial charge >= 0.3 is 191 Å². The average Bonchev–Trinajstić information content (AvgIpc) is 3.30. The van der Waals surface area contributed by atoms with E-state index in [2.05, 4.69) is 87.8 Å². The number of aromatic nitrogens is 1. The molecule has 1 heterocycles. The van der Waals surface area contributed by atoms with Gasteiger partial charge in [0.2, 0.25) is 0 Å². The molecule has 6 heteroatoms. The van der Waals surface area contributed by atoms with E-state index in [-0.39, 0.29) is 24.8 Å². The van der Waals surface area contributed by atoms with E-state index in [1.165, 1.54) is 51.1 Å². The Morgan fingerprint density at radius 1 is 0.710 bits per heavy atom. The van der Waals surface area contributed by atoms with Crippen molar-refractivity contribution in [3.05, 3.63) is 99.8 Å². The van der Waals surface area contributed by atoms with Gasteiger partial charge in [-0.15, -0.1) is 0 Å². The minimum absolute atomic E-state index is 0. The minimum atomic E-state index is -2.47. The van der Waals surface area contributed by atoms with Crippen molar-refractivity contribution in [1.29, 1.82) is 0 Å². The van der Waals surface area contributed by atoms with Crippen LogP contribution in [-0.2, 0) is 32.6 Å². The van der Waals surface area contributed by atoms with Gasteiger partial charge in [0.1, 0.15) is 0 Å². The zero-order chi connectivity index (χ0) is 19.5. The molecule has 0 N–H and O–H groups in total. The Bertz CT molecular complexity index is 1360. The predicted molar refractivity (Wildman–Crippen MR) is 122 cm³/mol.